The Balaban J connectivity index is 0.937. The summed E-state index contributed by atoms with van der Waals surface area (Å²) in [4.78, 5) is 23.7. The molecule has 2 aromatic heterocycles. The number of carbonyl (C=O) groups excluding carboxylic acids is 1. The van der Waals surface area contributed by atoms with Crippen molar-refractivity contribution in [2.24, 2.45) is 0 Å². The average Bonchev–Trinajstić information content (AvgIpc) is 3.66. The summed E-state index contributed by atoms with van der Waals surface area (Å²) in [5.74, 6) is 0.737. The fourth-order valence-electron chi connectivity index (χ4n) is 9.31. The lowest BCUT2D eigenvalue weighted by Gasteiger charge is -2.37. The normalized spacial score (nSPS) is 15.9. The summed E-state index contributed by atoms with van der Waals surface area (Å²) < 4.78 is 51.1. The predicted molar refractivity (Wildman–Crippen MR) is 253 cm³/mol. The molecule has 0 bridgehead atoms. The summed E-state index contributed by atoms with van der Waals surface area (Å²) in [6.07, 6.45) is 2.49. The highest BCUT2D eigenvalue weighted by Gasteiger charge is 2.38. The second kappa shape index (κ2) is 20.7. The number of nitrogens with one attached hydrogen (secondary N) is 2. The Kier molecular flexibility index (Phi) is 14.8. The largest absolute Gasteiger partial charge is 0.573 e. The number of rotatable bonds is 17. The van der Waals surface area contributed by atoms with Crippen LogP contribution in [0.15, 0.2) is 103 Å². The number of aryl methyl sites for hydroxylation is 2. The van der Waals surface area contributed by atoms with Gasteiger partial charge in [0, 0.05) is 109 Å². The molecule has 0 amide bonds. The van der Waals surface area contributed by atoms with Gasteiger partial charge in [-0.15, -0.1) is 13.2 Å². The Bertz CT molecular complexity index is 2570. The molecule has 2 aliphatic rings. The van der Waals surface area contributed by atoms with Crippen LogP contribution in [0.4, 0.5) is 13.2 Å². The number of pyridine rings is 1. The van der Waals surface area contributed by atoms with E-state index in [9.17, 15) is 18.0 Å². The van der Waals surface area contributed by atoms with Crippen molar-refractivity contribution in [2.45, 2.75) is 77.1 Å². The molecule has 0 radical (unpaired) electrons. The lowest BCUT2D eigenvalue weighted by molar-refractivity contribution is -0.274. The molecule has 6 aromatic rings. The first-order valence-corrected chi connectivity index (χ1v) is 23.1. The van der Waals surface area contributed by atoms with Crippen LogP contribution in [0.1, 0.15) is 54.4 Å². The second-order valence-corrected chi connectivity index (χ2v) is 18.0. The van der Waals surface area contributed by atoms with Crippen molar-refractivity contribution in [3.8, 4) is 33.9 Å². The van der Waals surface area contributed by atoms with Crippen molar-refractivity contribution >= 4 is 39.9 Å². The number of piperidine rings is 1. The highest BCUT2D eigenvalue weighted by atomic mass is 35.5. The first-order chi connectivity index (χ1) is 31.4. The number of Topliss-reactive ketones (excluding diaryl/α,β-unsaturated/α-hetero) is 1. The third-order valence-corrected chi connectivity index (χ3v) is 13.6. The number of hydrogen-bond donors (Lipinski definition) is 2. The molecular weight excluding hydrogens is 872 g/mol. The standard InChI is InChI=1S/C51H55Cl2F3N6O3/c1-35-7-5-10-47(64-2)49(35)45-30-36(18-21-58-45)31-59-50(19-22-57-23-20-50)48(63)11-3-4-24-62-34-41(38-13-15-39(16-14-38)65-51(54,55)56)40-29-37(12-17-46(40)62)32-60-25-27-61(28-26-60)33-42-43(52)8-6-9-44(42)53/h5-10,12-18,21,29-30,34,57,59H,3-4,11,19-20,22-28,31-33H2,1-2H3. The van der Waals surface area contributed by atoms with Crippen LogP contribution in [0.3, 0.4) is 0 Å². The average molecular weight is 928 g/mol. The van der Waals surface area contributed by atoms with Gasteiger partial charge in [0.15, 0.2) is 5.78 Å². The zero-order valence-corrected chi connectivity index (χ0v) is 38.3. The fraction of sp³-hybridized carbons (Fsp3) is 0.373. The molecule has 0 aliphatic carbocycles. The van der Waals surface area contributed by atoms with Crippen LogP contribution in [0, 0.1) is 6.92 Å². The summed E-state index contributed by atoms with van der Waals surface area (Å²) in [5.41, 5.74) is 8.14. The summed E-state index contributed by atoms with van der Waals surface area (Å²) in [5, 5.41) is 9.51. The number of hydrogen-bond acceptors (Lipinski definition) is 8. The third kappa shape index (κ3) is 11.4. The summed E-state index contributed by atoms with van der Waals surface area (Å²) >= 11 is 12.9. The lowest BCUT2D eigenvalue weighted by Crippen LogP contribution is -2.57. The van der Waals surface area contributed by atoms with Crippen LogP contribution < -0.4 is 20.1 Å². The fourth-order valence-corrected chi connectivity index (χ4v) is 9.83. The number of benzene rings is 4. The summed E-state index contributed by atoms with van der Waals surface area (Å²) in [6, 6.07) is 28.2. The van der Waals surface area contributed by atoms with E-state index in [1.807, 2.05) is 55.6 Å². The number of ether oxygens (including phenoxy) is 2. The number of nitrogens with zero attached hydrogens (tertiary/aromatic N) is 4. The zero-order valence-electron chi connectivity index (χ0n) is 36.8. The van der Waals surface area contributed by atoms with Crippen LogP contribution in [-0.2, 0) is 31.0 Å². The number of alkyl halides is 3. The van der Waals surface area contributed by atoms with Crippen LogP contribution in [-0.4, -0.2) is 83.4 Å². The van der Waals surface area contributed by atoms with Crippen molar-refractivity contribution in [2.75, 3.05) is 46.4 Å². The van der Waals surface area contributed by atoms with E-state index in [-0.39, 0.29) is 11.5 Å². The summed E-state index contributed by atoms with van der Waals surface area (Å²) in [7, 11) is 1.67. The Hall–Kier alpha value is -4.95. The van der Waals surface area contributed by atoms with Gasteiger partial charge in [0.2, 0.25) is 0 Å². The van der Waals surface area contributed by atoms with Crippen LogP contribution in [0.2, 0.25) is 10.0 Å². The molecule has 0 saturated carbocycles. The molecule has 0 atom stereocenters. The van der Waals surface area contributed by atoms with Crippen LogP contribution in [0.5, 0.6) is 11.5 Å². The minimum Gasteiger partial charge on any atom is -0.496 e. The van der Waals surface area contributed by atoms with Crippen molar-refractivity contribution in [3.05, 3.63) is 136 Å². The van der Waals surface area contributed by atoms with E-state index in [1.165, 1.54) is 12.1 Å². The van der Waals surface area contributed by atoms with E-state index in [1.54, 1.807) is 19.2 Å². The van der Waals surface area contributed by atoms with Gasteiger partial charge in [0.1, 0.15) is 11.5 Å². The van der Waals surface area contributed by atoms with Gasteiger partial charge < -0.3 is 24.7 Å². The molecule has 342 valence electrons. The maximum atomic E-state index is 14.2. The number of piperazine rings is 1. The molecule has 4 aromatic carbocycles. The van der Waals surface area contributed by atoms with Gasteiger partial charge in [-0.3, -0.25) is 19.6 Å². The van der Waals surface area contributed by atoms with Crippen LogP contribution in [0.25, 0.3) is 33.3 Å². The number of unbranched alkanes of at least 4 members (excludes halogenated alkanes) is 1. The van der Waals surface area contributed by atoms with Crippen molar-refractivity contribution in [3.63, 3.8) is 0 Å². The molecular formula is C51H55Cl2F3N6O3. The maximum absolute atomic E-state index is 14.2. The van der Waals surface area contributed by atoms with E-state index < -0.39 is 11.9 Å². The van der Waals surface area contributed by atoms with Crippen molar-refractivity contribution in [1.29, 1.82) is 0 Å². The summed E-state index contributed by atoms with van der Waals surface area (Å²) in [6.45, 7) is 9.78. The minimum absolute atomic E-state index is 0.228. The van der Waals surface area contributed by atoms with Crippen molar-refractivity contribution < 1.29 is 27.4 Å². The highest BCUT2D eigenvalue weighted by molar-refractivity contribution is 6.36. The number of carbonyl (C=O) groups is 1. The molecule has 9 nitrogen and oxygen atoms in total. The molecule has 2 fully saturated rings. The van der Waals surface area contributed by atoms with Gasteiger partial charge >= 0.3 is 6.36 Å². The van der Waals surface area contributed by atoms with Gasteiger partial charge in [-0.25, -0.2) is 0 Å². The first kappa shape index (κ1) is 46.6. The van der Waals surface area contributed by atoms with E-state index in [2.05, 4.69) is 65.2 Å². The monoisotopic (exact) mass is 926 g/mol. The number of fused-ring (bicyclic) bond motifs is 1. The van der Waals surface area contributed by atoms with Gasteiger partial charge in [0.25, 0.3) is 0 Å². The Morgan fingerprint density at radius 3 is 2.28 bits per heavy atom. The van der Waals surface area contributed by atoms with Gasteiger partial charge in [-0.2, -0.15) is 0 Å². The van der Waals surface area contributed by atoms with E-state index >= 15 is 0 Å². The smallest absolute Gasteiger partial charge is 0.496 e. The van der Waals surface area contributed by atoms with Crippen LogP contribution >= 0.6 is 23.2 Å². The molecule has 2 saturated heterocycles. The van der Waals surface area contributed by atoms with Gasteiger partial charge in [0.05, 0.1) is 18.3 Å². The minimum atomic E-state index is -4.77. The molecule has 14 heteroatoms. The van der Waals surface area contributed by atoms with E-state index in [4.69, 9.17) is 27.9 Å². The molecule has 8 rings (SSSR count). The van der Waals surface area contributed by atoms with E-state index in [0.717, 1.165) is 114 Å². The number of aromatic nitrogens is 2. The quantitative estimate of drug-likeness (QED) is 0.0876. The molecule has 4 heterocycles. The third-order valence-electron chi connectivity index (χ3n) is 12.9. The molecule has 65 heavy (non-hydrogen) atoms. The Morgan fingerprint density at radius 1 is 0.862 bits per heavy atom. The first-order valence-electron chi connectivity index (χ1n) is 22.3. The number of halogens is 5. The zero-order chi connectivity index (χ0) is 45.6. The SMILES string of the molecule is COc1cccc(C)c1-c1cc(CNC2(C(=O)CCCCn3cc(-c4ccc(OC(F)(F)F)cc4)c4cc(CN5CCN(Cc6c(Cl)cccc6Cl)CC5)ccc43)CCNCC2)ccn1. The lowest BCUT2D eigenvalue weighted by atomic mass is 9.82. The van der Waals surface area contributed by atoms with Gasteiger partial charge in [-0.05, 0) is 123 Å². The number of methoxy groups -OCH3 is 1. The topological polar surface area (TPSA) is 83.9 Å². The highest BCUT2D eigenvalue weighted by Crippen LogP contribution is 2.36. The molecule has 0 spiro atoms. The molecule has 0 unspecified atom stereocenters. The van der Waals surface area contributed by atoms with E-state index in [0.29, 0.717) is 55.4 Å². The van der Waals surface area contributed by atoms with Crippen molar-refractivity contribution in [1.82, 2.24) is 30.0 Å². The Labute approximate surface area is 388 Å². The molecule has 2 N–H and O–H groups in total. The Morgan fingerprint density at radius 2 is 1.57 bits per heavy atom. The predicted octanol–water partition coefficient (Wildman–Crippen LogP) is 10.9. The van der Waals surface area contributed by atoms with Gasteiger partial charge in [-0.1, -0.05) is 59.6 Å². The molecule has 2 aliphatic heterocycles. The maximum Gasteiger partial charge on any atom is 0.573 e. The number of ketones is 1. The second-order valence-electron chi connectivity index (χ2n) is 17.2.